The lowest BCUT2D eigenvalue weighted by atomic mass is 9.74. The summed E-state index contributed by atoms with van der Waals surface area (Å²) in [5, 5.41) is 5.61. The summed E-state index contributed by atoms with van der Waals surface area (Å²) >= 11 is 0. The van der Waals surface area contributed by atoms with Crippen molar-refractivity contribution >= 4 is 28.6 Å². The zero-order valence-corrected chi connectivity index (χ0v) is 25.2. The van der Waals surface area contributed by atoms with Gasteiger partial charge in [-0.2, -0.15) is 0 Å². The number of carbonyl (C=O) groups excluding carboxylic acids is 3. The molecular formula is C33H44N6O3. The van der Waals surface area contributed by atoms with E-state index in [-0.39, 0.29) is 24.3 Å². The molecule has 0 spiro atoms. The Balaban J connectivity index is 1.61. The van der Waals surface area contributed by atoms with Crippen molar-refractivity contribution in [2.24, 2.45) is 11.1 Å². The molecule has 1 unspecified atom stereocenters. The number of aromatic nitrogens is 1. The number of hydrogen-bond donors (Lipinski definition) is 4. The van der Waals surface area contributed by atoms with Gasteiger partial charge in [0.2, 0.25) is 17.7 Å². The normalized spacial score (nSPS) is 18.4. The summed E-state index contributed by atoms with van der Waals surface area (Å²) in [6, 6.07) is 17.0. The van der Waals surface area contributed by atoms with Crippen molar-refractivity contribution in [2.75, 3.05) is 27.2 Å². The van der Waals surface area contributed by atoms with Crippen LogP contribution in [0.3, 0.4) is 0 Å². The van der Waals surface area contributed by atoms with Gasteiger partial charge in [0.1, 0.15) is 6.04 Å². The largest absolute Gasteiger partial charge is 0.361 e. The lowest BCUT2D eigenvalue weighted by Gasteiger charge is -2.43. The van der Waals surface area contributed by atoms with E-state index in [1.165, 1.54) is 6.08 Å². The summed E-state index contributed by atoms with van der Waals surface area (Å²) in [4.78, 5) is 46.0. The van der Waals surface area contributed by atoms with Crippen molar-refractivity contribution in [3.8, 4) is 0 Å². The van der Waals surface area contributed by atoms with Gasteiger partial charge in [-0.05, 0) is 62.8 Å². The molecule has 1 fully saturated rings. The summed E-state index contributed by atoms with van der Waals surface area (Å²) in [6.45, 7) is 4.56. The van der Waals surface area contributed by atoms with E-state index in [0.717, 1.165) is 22.0 Å². The molecule has 2 atom stereocenters. The Morgan fingerprint density at radius 3 is 2.55 bits per heavy atom. The molecule has 4 rings (SSSR count). The quantitative estimate of drug-likeness (QED) is 0.207. The number of amides is 3. The van der Waals surface area contributed by atoms with E-state index in [1.54, 1.807) is 30.1 Å². The Morgan fingerprint density at radius 2 is 1.83 bits per heavy atom. The summed E-state index contributed by atoms with van der Waals surface area (Å²) < 4.78 is 0. The molecule has 5 N–H and O–H groups in total. The number of aromatic amines is 1. The number of benzene rings is 2. The first-order valence-electron chi connectivity index (χ1n) is 14.6. The number of nitrogens with zero attached hydrogens (tertiary/aromatic N) is 2. The molecule has 1 aliphatic heterocycles. The van der Waals surface area contributed by atoms with Crippen LogP contribution in [-0.2, 0) is 27.2 Å². The maximum Gasteiger partial charge on any atom is 0.245 e. The average Bonchev–Trinajstić information content (AvgIpc) is 3.34. The number of hydrogen-bond acceptors (Lipinski definition) is 5. The lowest BCUT2D eigenvalue weighted by Crippen LogP contribution is -2.59. The van der Waals surface area contributed by atoms with Crippen LogP contribution in [0.1, 0.15) is 44.2 Å². The molecule has 2 heterocycles. The molecule has 3 aromatic rings. The predicted molar refractivity (Wildman–Crippen MR) is 166 cm³/mol. The molecule has 0 saturated carbocycles. The first kappa shape index (κ1) is 31.0. The number of nitrogens with one attached hydrogen (secondary N) is 3. The van der Waals surface area contributed by atoms with Crippen LogP contribution in [-0.4, -0.2) is 71.4 Å². The molecule has 9 nitrogen and oxygen atoms in total. The molecule has 224 valence electrons. The van der Waals surface area contributed by atoms with Gasteiger partial charge in [-0.15, -0.1) is 0 Å². The second-order valence-electron chi connectivity index (χ2n) is 12.4. The molecule has 42 heavy (non-hydrogen) atoms. The van der Waals surface area contributed by atoms with Crippen molar-refractivity contribution in [3.63, 3.8) is 0 Å². The lowest BCUT2D eigenvalue weighted by molar-refractivity contribution is -0.146. The van der Waals surface area contributed by atoms with E-state index in [9.17, 15) is 14.4 Å². The topological polar surface area (TPSA) is 124 Å². The van der Waals surface area contributed by atoms with Crippen LogP contribution in [0.25, 0.3) is 10.9 Å². The Kier molecular flexibility index (Phi) is 9.85. The molecule has 1 aliphatic rings. The molecule has 1 aromatic heterocycles. The van der Waals surface area contributed by atoms with Gasteiger partial charge in [-0.3, -0.25) is 19.8 Å². The van der Waals surface area contributed by atoms with E-state index in [0.29, 0.717) is 38.6 Å². The molecule has 0 aliphatic carbocycles. The minimum atomic E-state index is -0.809. The van der Waals surface area contributed by atoms with Gasteiger partial charge in [-0.1, -0.05) is 54.6 Å². The first-order chi connectivity index (χ1) is 20.0. The van der Waals surface area contributed by atoms with Gasteiger partial charge in [-0.25, -0.2) is 5.01 Å². The van der Waals surface area contributed by atoms with Crippen LogP contribution in [0.5, 0.6) is 0 Å². The van der Waals surface area contributed by atoms with Crippen molar-refractivity contribution in [1.82, 2.24) is 25.6 Å². The van der Waals surface area contributed by atoms with Crippen LogP contribution in [0.2, 0.25) is 0 Å². The minimum absolute atomic E-state index is 0.113. The fraction of sp³-hybridized carbons (Fsp3) is 0.424. The van der Waals surface area contributed by atoms with E-state index in [4.69, 9.17) is 5.73 Å². The second kappa shape index (κ2) is 13.4. The third-order valence-electron chi connectivity index (χ3n) is 7.71. The summed E-state index contributed by atoms with van der Waals surface area (Å²) in [5.74, 6) is -0.662. The minimum Gasteiger partial charge on any atom is -0.361 e. The zero-order chi connectivity index (χ0) is 30.3. The van der Waals surface area contributed by atoms with Crippen molar-refractivity contribution in [2.45, 2.75) is 57.5 Å². The Morgan fingerprint density at radius 1 is 1.12 bits per heavy atom. The van der Waals surface area contributed by atoms with E-state index in [2.05, 4.69) is 15.7 Å². The molecule has 3 amide bonds. The number of H-pyrrole nitrogens is 1. The van der Waals surface area contributed by atoms with Gasteiger partial charge >= 0.3 is 0 Å². The van der Waals surface area contributed by atoms with Crippen LogP contribution in [0.15, 0.2) is 72.9 Å². The predicted octanol–water partition coefficient (Wildman–Crippen LogP) is 3.32. The number of hydrazine groups is 1. The monoisotopic (exact) mass is 572 g/mol. The summed E-state index contributed by atoms with van der Waals surface area (Å²) in [6.07, 6.45) is 7.76. The van der Waals surface area contributed by atoms with E-state index < -0.39 is 17.0 Å². The average molecular weight is 573 g/mol. The number of likely N-dealkylation sites (tertiary alicyclic amines) is 1. The van der Waals surface area contributed by atoms with Gasteiger partial charge in [0.25, 0.3) is 0 Å². The fourth-order valence-corrected chi connectivity index (χ4v) is 5.67. The van der Waals surface area contributed by atoms with Crippen LogP contribution in [0, 0.1) is 5.41 Å². The highest BCUT2D eigenvalue weighted by atomic mass is 16.2. The van der Waals surface area contributed by atoms with Crippen molar-refractivity contribution in [3.05, 3.63) is 84.1 Å². The number of piperidine rings is 1. The highest BCUT2D eigenvalue weighted by Crippen LogP contribution is 2.35. The van der Waals surface area contributed by atoms with Crippen molar-refractivity contribution in [1.29, 1.82) is 0 Å². The number of para-hydroxylation sites is 1. The first-order valence-corrected chi connectivity index (χ1v) is 14.6. The maximum atomic E-state index is 14.2. The second-order valence-corrected chi connectivity index (χ2v) is 12.4. The van der Waals surface area contributed by atoms with Crippen LogP contribution >= 0.6 is 0 Å². The molecule has 1 saturated heterocycles. The summed E-state index contributed by atoms with van der Waals surface area (Å²) in [7, 11) is 3.57. The summed E-state index contributed by atoms with van der Waals surface area (Å²) in [5.41, 5.74) is 10.7. The van der Waals surface area contributed by atoms with Crippen LogP contribution in [0.4, 0.5) is 0 Å². The standard InChI is InChI=1S/C33H44N6O3/c1-32(2,34)17-10-16-29(40)36-28(20-25-22-35-27-15-9-8-14-26(25)27)30(41)39-19-11-18-33(23-39,31(42)37-38(3)4)21-24-12-6-5-7-13-24/h5-10,12-16,22,28,35H,11,17-21,23,34H2,1-4H3,(H,36,40)(H,37,42)/t28-,33?/m1/s1. The van der Waals surface area contributed by atoms with Gasteiger partial charge in [0, 0.05) is 56.2 Å². The molecule has 0 radical (unpaired) electrons. The molecule has 9 heteroatoms. The third-order valence-corrected chi connectivity index (χ3v) is 7.71. The molecule has 2 aromatic carbocycles. The van der Waals surface area contributed by atoms with E-state index in [1.807, 2.05) is 74.6 Å². The third kappa shape index (κ3) is 8.08. The maximum absolute atomic E-state index is 14.2. The van der Waals surface area contributed by atoms with Crippen LogP contribution < -0.4 is 16.5 Å². The fourth-order valence-electron chi connectivity index (χ4n) is 5.67. The number of rotatable bonds is 11. The van der Waals surface area contributed by atoms with Crippen molar-refractivity contribution < 1.29 is 14.4 Å². The molecular weight excluding hydrogens is 528 g/mol. The van der Waals surface area contributed by atoms with E-state index >= 15 is 0 Å². The van der Waals surface area contributed by atoms with Gasteiger partial charge < -0.3 is 20.9 Å². The number of fused-ring (bicyclic) bond motifs is 1. The van der Waals surface area contributed by atoms with Gasteiger partial charge in [0.05, 0.1) is 5.41 Å². The Hall–Kier alpha value is -3.95. The number of nitrogens with two attached hydrogens (primary N) is 1. The Bertz CT molecular complexity index is 1410. The smallest absolute Gasteiger partial charge is 0.245 e. The molecule has 0 bridgehead atoms. The SMILES string of the molecule is CN(C)NC(=O)C1(Cc2ccccc2)CCCN(C(=O)[C@@H](Cc2c[nH]c3ccccc23)NC(=O)C=CCC(C)(C)N)C1. The number of carbonyl (C=O) groups is 3. The highest BCUT2D eigenvalue weighted by Gasteiger charge is 2.44. The zero-order valence-electron chi connectivity index (χ0n) is 25.2. The highest BCUT2D eigenvalue weighted by molar-refractivity contribution is 5.94. The van der Waals surface area contributed by atoms with Gasteiger partial charge in [0.15, 0.2) is 0 Å². The Labute approximate surface area is 248 Å².